The van der Waals surface area contributed by atoms with Crippen molar-refractivity contribution in [3.63, 3.8) is 0 Å². The van der Waals surface area contributed by atoms with Gasteiger partial charge in [-0.25, -0.2) is 4.90 Å². The Morgan fingerprint density at radius 3 is 2.63 bits per heavy atom. The zero-order valence-electron chi connectivity index (χ0n) is 15.1. The lowest BCUT2D eigenvalue weighted by Crippen LogP contribution is -3.13. The van der Waals surface area contributed by atoms with Gasteiger partial charge in [0.25, 0.3) is 0 Å². The highest BCUT2D eigenvalue weighted by Crippen LogP contribution is 2.27. The molecule has 1 atom stereocenters. The van der Waals surface area contributed by atoms with Crippen LogP contribution in [0.1, 0.15) is 25.0 Å². The number of anilines is 1. The first-order chi connectivity index (χ1) is 12.8. The predicted molar refractivity (Wildman–Crippen MR) is 106 cm³/mol. The number of amidine groups is 1. The lowest BCUT2D eigenvalue weighted by molar-refractivity contribution is -0.770. The van der Waals surface area contributed by atoms with Crippen molar-refractivity contribution in [2.75, 3.05) is 11.6 Å². The maximum Gasteiger partial charge on any atom is 0.318 e. The minimum atomic E-state index is -0.935. The topological polar surface area (TPSA) is 40.3 Å². The van der Waals surface area contributed by atoms with E-state index in [0.717, 1.165) is 11.3 Å². The minimum absolute atomic E-state index is 0.305. The van der Waals surface area contributed by atoms with Crippen molar-refractivity contribution in [1.82, 2.24) is 0 Å². The van der Waals surface area contributed by atoms with Gasteiger partial charge in [-0.05, 0) is 43.7 Å². The van der Waals surface area contributed by atoms with E-state index in [0.29, 0.717) is 33.7 Å². The first kappa shape index (κ1) is 17.9. The lowest BCUT2D eigenvalue weighted by Gasteiger charge is -2.28. The van der Waals surface area contributed by atoms with Crippen LogP contribution in [0.25, 0.3) is 5.70 Å². The van der Waals surface area contributed by atoms with E-state index in [-0.39, 0.29) is 5.95 Å². The van der Waals surface area contributed by atoms with Crippen molar-refractivity contribution in [2.45, 2.75) is 19.4 Å². The molecule has 0 aliphatic carbocycles. The molecule has 0 aromatic heterocycles. The second kappa shape index (κ2) is 6.60. The monoisotopic (exact) mass is 384 g/mol. The van der Waals surface area contributed by atoms with Crippen LogP contribution in [-0.4, -0.2) is 17.6 Å². The molecular weight excluding hydrogens is 365 g/mol. The number of quaternary nitrogens is 1. The van der Waals surface area contributed by atoms with Crippen LogP contribution in [0, 0.1) is 0 Å². The molecule has 2 aromatic rings. The summed E-state index contributed by atoms with van der Waals surface area (Å²) in [5, 5.41) is 10.9. The number of rotatable bonds is 3. The number of fused-ring (bicyclic) bond motifs is 1. The van der Waals surface area contributed by atoms with E-state index < -0.39 is 5.60 Å². The highest BCUT2D eigenvalue weighted by molar-refractivity contribution is 6.30. The molecule has 0 fully saturated rings. The number of nitrogens with one attached hydrogen (secondary N) is 1. The number of hydrogen-bond acceptors (Lipinski definition) is 3. The molecule has 27 heavy (non-hydrogen) atoms. The molecule has 0 radical (unpaired) electrons. The summed E-state index contributed by atoms with van der Waals surface area (Å²) in [5.74, 6) is 0.340. The van der Waals surface area contributed by atoms with Crippen molar-refractivity contribution >= 4 is 28.8 Å². The number of nitrogens with zero attached hydrogens (tertiary/aromatic N) is 2. The van der Waals surface area contributed by atoms with Gasteiger partial charge in [-0.1, -0.05) is 35.9 Å². The number of aliphatic imine (C=N–C) groups is 1. The molecule has 0 amide bonds. The van der Waals surface area contributed by atoms with Gasteiger partial charge in [0.15, 0.2) is 12.4 Å². The van der Waals surface area contributed by atoms with Crippen molar-refractivity contribution in [1.29, 1.82) is 0 Å². The molecule has 2 aromatic carbocycles. The molecule has 4 rings (SSSR count). The second-order valence-electron chi connectivity index (χ2n) is 7.20. The zero-order chi connectivity index (χ0) is 19.2. The average molecular weight is 385 g/mol. The molecule has 6 heteroatoms. The van der Waals surface area contributed by atoms with Crippen LogP contribution in [0.4, 0.5) is 10.1 Å². The normalized spacial score (nSPS) is 19.4. The zero-order valence-corrected chi connectivity index (χ0v) is 15.8. The van der Waals surface area contributed by atoms with Gasteiger partial charge < -0.3 is 5.11 Å². The van der Waals surface area contributed by atoms with Gasteiger partial charge in [-0.2, -0.15) is 4.99 Å². The Balaban J connectivity index is 1.63. The summed E-state index contributed by atoms with van der Waals surface area (Å²) < 4.78 is 15.1. The van der Waals surface area contributed by atoms with Crippen molar-refractivity contribution < 1.29 is 14.4 Å². The highest BCUT2D eigenvalue weighted by atomic mass is 35.5. The smallest absolute Gasteiger partial charge is 0.318 e. The fraction of sp³-hybridized carbons (Fsp3) is 0.190. The average Bonchev–Trinajstić information content (AvgIpc) is 2.98. The summed E-state index contributed by atoms with van der Waals surface area (Å²) in [6.45, 7) is 3.87. The Bertz CT molecular complexity index is 974. The molecule has 0 bridgehead atoms. The van der Waals surface area contributed by atoms with Crippen LogP contribution < -0.4 is 9.80 Å². The van der Waals surface area contributed by atoms with E-state index in [1.807, 2.05) is 41.4 Å². The standard InChI is InChI=1S/C21H19ClFN3O/c1-21(2,27)15-4-3-5-17(12-15)25-11-10-18-24-19(20(23)26(18)13-25)14-6-8-16(22)9-7-14/h3-12,27H,13H2,1-2H3/p+1. The summed E-state index contributed by atoms with van der Waals surface area (Å²) in [6.07, 6.45) is 3.71. The van der Waals surface area contributed by atoms with Gasteiger partial charge in [0.05, 0.1) is 5.60 Å². The molecule has 2 N–H and O–H groups in total. The van der Waals surface area contributed by atoms with E-state index in [9.17, 15) is 5.11 Å². The van der Waals surface area contributed by atoms with Crippen LogP contribution in [0.3, 0.4) is 0 Å². The third-order valence-corrected chi connectivity index (χ3v) is 5.01. The molecular formula is C21H20ClFN3O+. The van der Waals surface area contributed by atoms with Crippen LogP contribution in [0.15, 0.2) is 71.8 Å². The quantitative estimate of drug-likeness (QED) is 0.796. The van der Waals surface area contributed by atoms with Crippen LogP contribution in [0.2, 0.25) is 5.02 Å². The fourth-order valence-electron chi connectivity index (χ4n) is 3.21. The first-order valence-corrected chi connectivity index (χ1v) is 9.09. The van der Waals surface area contributed by atoms with Crippen molar-refractivity contribution in [3.05, 3.63) is 82.9 Å². The van der Waals surface area contributed by atoms with Crippen molar-refractivity contribution in [3.8, 4) is 0 Å². The Morgan fingerprint density at radius 2 is 1.93 bits per heavy atom. The van der Waals surface area contributed by atoms with Gasteiger partial charge in [-0.3, -0.25) is 4.90 Å². The van der Waals surface area contributed by atoms with Crippen LogP contribution in [-0.2, 0) is 5.60 Å². The molecule has 2 aliphatic heterocycles. The molecule has 2 heterocycles. The summed E-state index contributed by atoms with van der Waals surface area (Å²) >= 11 is 5.92. The molecule has 4 nitrogen and oxygen atoms in total. The molecule has 0 saturated carbocycles. The second-order valence-corrected chi connectivity index (χ2v) is 7.63. The van der Waals surface area contributed by atoms with Gasteiger partial charge >= 0.3 is 5.95 Å². The molecule has 0 saturated heterocycles. The molecule has 2 aliphatic rings. The highest BCUT2D eigenvalue weighted by Gasteiger charge is 2.36. The Kier molecular flexibility index (Phi) is 4.38. The third-order valence-electron chi connectivity index (χ3n) is 4.76. The van der Waals surface area contributed by atoms with Crippen molar-refractivity contribution in [2.24, 2.45) is 4.99 Å². The fourth-order valence-corrected chi connectivity index (χ4v) is 3.33. The number of benzene rings is 2. The summed E-state index contributed by atoms with van der Waals surface area (Å²) in [6, 6.07) is 14.6. The van der Waals surface area contributed by atoms with Gasteiger partial charge in [-0.15, -0.1) is 4.39 Å². The van der Waals surface area contributed by atoms with E-state index >= 15 is 4.39 Å². The summed E-state index contributed by atoms with van der Waals surface area (Å²) in [5.41, 5.74) is 1.81. The van der Waals surface area contributed by atoms with Crippen LogP contribution in [0.5, 0.6) is 0 Å². The van der Waals surface area contributed by atoms with Crippen LogP contribution >= 0.6 is 11.6 Å². The Morgan fingerprint density at radius 1 is 1.19 bits per heavy atom. The van der Waals surface area contributed by atoms with E-state index in [2.05, 4.69) is 4.99 Å². The van der Waals surface area contributed by atoms with E-state index in [4.69, 9.17) is 11.6 Å². The van der Waals surface area contributed by atoms with E-state index in [1.54, 1.807) is 38.1 Å². The third kappa shape index (κ3) is 3.41. The summed E-state index contributed by atoms with van der Waals surface area (Å²) in [4.78, 5) is 6.98. The molecule has 1 unspecified atom stereocenters. The largest absolute Gasteiger partial charge is 0.386 e. The number of halogens is 2. The first-order valence-electron chi connectivity index (χ1n) is 8.72. The molecule has 0 spiro atoms. The Labute approximate surface area is 162 Å². The maximum absolute atomic E-state index is 15.1. The summed E-state index contributed by atoms with van der Waals surface area (Å²) in [7, 11) is 0. The van der Waals surface area contributed by atoms with Gasteiger partial charge in [0, 0.05) is 28.5 Å². The van der Waals surface area contributed by atoms with Gasteiger partial charge in [0.2, 0.25) is 5.84 Å². The number of aliphatic hydroxyl groups is 1. The molecule has 138 valence electrons. The number of hydrogen-bond donors (Lipinski definition) is 2. The Hall–Kier alpha value is -2.47. The SMILES string of the molecule is CC(C)(O)c1cccc(N2C=CC3=NC(c4ccc(Cl)cc4)=C(F)[NH+]3C2)c1. The minimum Gasteiger partial charge on any atom is -0.386 e. The lowest BCUT2D eigenvalue weighted by atomic mass is 9.98. The maximum atomic E-state index is 15.1. The van der Waals surface area contributed by atoms with Gasteiger partial charge in [0.1, 0.15) is 0 Å². The predicted octanol–water partition coefficient (Wildman–Crippen LogP) is 3.45. The van der Waals surface area contributed by atoms with E-state index in [1.165, 1.54) is 0 Å².